The smallest absolute Gasteiger partial charge is 0.408 e. The molecule has 2 unspecified atom stereocenters. The van der Waals surface area contributed by atoms with Crippen molar-refractivity contribution in [2.24, 2.45) is 0 Å². The Labute approximate surface area is 238 Å². The second-order valence-electron chi connectivity index (χ2n) is 11.0. The van der Waals surface area contributed by atoms with Gasteiger partial charge in [0.15, 0.2) is 0 Å². The van der Waals surface area contributed by atoms with Crippen LogP contribution in [0.4, 0.5) is 10.5 Å². The molecule has 3 amide bonds. The van der Waals surface area contributed by atoms with Crippen molar-refractivity contribution >= 4 is 23.6 Å². The predicted molar refractivity (Wildman–Crippen MR) is 156 cm³/mol. The van der Waals surface area contributed by atoms with Crippen molar-refractivity contribution in [3.8, 4) is 5.75 Å². The van der Waals surface area contributed by atoms with E-state index in [1.807, 2.05) is 32.0 Å². The number of aliphatic hydroxyl groups is 1. The molecule has 40 heavy (non-hydrogen) atoms. The maximum atomic E-state index is 14.0. The predicted octanol–water partition coefficient (Wildman–Crippen LogP) is 5.29. The number of aryl methyl sites for hydroxylation is 2. The Morgan fingerprint density at radius 1 is 1.00 bits per heavy atom. The molecular formula is C31H45N3O6. The highest BCUT2D eigenvalue weighted by Gasteiger charge is 2.36. The van der Waals surface area contributed by atoms with Crippen LogP contribution in [0.3, 0.4) is 0 Å². The Hall–Kier alpha value is -3.59. The number of alkyl carbamates (subject to hydrolysis) is 1. The second kappa shape index (κ2) is 15.3. The van der Waals surface area contributed by atoms with Gasteiger partial charge in [0.1, 0.15) is 23.4 Å². The standard InChI is InChI=1S/C31H45N3O6/c1-8-9-10-11-18-34(29(37)26(20-35)33-30(38)40-31(4,5)6)27(25-17-12-21(2)19-22(25)3)28(36)32-23-13-15-24(39-7)16-14-23/h12-17,19,26-27,35H,8-11,18,20H2,1-7H3,(H,32,36)(H,33,38). The first kappa shape index (κ1) is 32.6. The molecule has 2 rings (SSSR count). The fraction of sp³-hybridized carbons (Fsp3) is 0.516. The van der Waals surface area contributed by atoms with E-state index in [-0.39, 0.29) is 6.54 Å². The van der Waals surface area contributed by atoms with Gasteiger partial charge in [0.25, 0.3) is 5.91 Å². The molecule has 9 nitrogen and oxygen atoms in total. The molecule has 0 aliphatic heterocycles. The average molecular weight is 556 g/mol. The first-order valence-corrected chi connectivity index (χ1v) is 13.8. The number of carbonyl (C=O) groups excluding carboxylic acids is 3. The van der Waals surface area contributed by atoms with Crippen LogP contribution in [0, 0.1) is 13.8 Å². The lowest BCUT2D eigenvalue weighted by atomic mass is 9.96. The molecule has 2 aromatic rings. The quantitative estimate of drug-likeness (QED) is 0.289. The first-order valence-electron chi connectivity index (χ1n) is 13.8. The van der Waals surface area contributed by atoms with Crippen molar-refractivity contribution in [1.82, 2.24) is 10.2 Å². The zero-order valence-corrected chi connectivity index (χ0v) is 24.9. The molecule has 0 aliphatic rings. The Bertz CT molecular complexity index is 1130. The highest BCUT2D eigenvalue weighted by molar-refractivity contribution is 5.99. The van der Waals surface area contributed by atoms with Crippen LogP contribution in [0.5, 0.6) is 5.75 Å². The molecule has 0 heterocycles. The lowest BCUT2D eigenvalue weighted by Crippen LogP contribution is -2.54. The van der Waals surface area contributed by atoms with Crippen LogP contribution in [-0.2, 0) is 14.3 Å². The highest BCUT2D eigenvalue weighted by Crippen LogP contribution is 2.29. The van der Waals surface area contributed by atoms with Crippen molar-refractivity contribution in [3.05, 3.63) is 59.2 Å². The highest BCUT2D eigenvalue weighted by atomic mass is 16.6. The molecule has 0 fully saturated rings. The number of nitrogens with one attached hydrogen (secondary N) is 2. The minimum absolute atomic E-state index is 0.263. The minimum atomic E-state index is -1.29. The van der Waals surface area contributed by atoms with Crippen LogP contribution in [-0.4, -0.2) is 59.8 Å². The van der Waals surface area contributed by atoms with E-state index in [1.165, 1.54) is 4.90 Å². The van der Waals surface area contributed by atoms with Crippen LogP contribution in [0.2, 0.25) is 0 Å². The fourth-order valence-electron chi connectivity index (χ4n) is 4.38. The van der Waals surface area contributed by atoms with Gasteiger partial charge in [0.2, 0.25) is 5.91 Å². The SMILES string of the molecule is CCCCCCN(C(=O)C(CO)NC(=O)OC(C)(C)C)C(C(=O)Nc1ccc(OC)cc1)c1ccc(C)cc1C. The number of amides is 3. The number of benzene rings is 2. The summed E-state index contributed by atoms with van der Waals surface area (Å²) in [5.74, 6) is -0.328. The van der Waals surface area contributed by atoms with Crippen LogP contribution in [0.1, 0.15) is 76.1 Å². The Morgan fingerprint density at radius 2 is 1.68 bits per heavy atom. The molecule has 9 heteroatoms. The molecule has 2 aromatic carbocycles. The van der Waals surface area contributed by atoms with E-state index in [4.69, 9.17) is 9.47 Å². The molecule has 3 N–H and O–H groups in total. The molecule has 0 radical (unpaired) electrons. The number of hydrogen-bond acceptors (Lipinski definition) is 6. The van der Waals surface area contributed by atoms with Gasteiger partial charge in [-0.15, -0.1) is 0 Å². The zero-order valence-electron chi connectivity index (χ0n) is 24.9. The largest absolute Gasteiger partial charge is 0.497 e. The van der Waals surface area contributed by atoms with Crippen LogP contribution < -0.4 is 15.4 Å². The van der Waals surface area contributed by atoms with E-state index in [9.17, 15) is 19.5 Å². The summed E-state index contributed by atoms with van der Waals surface area (Å²) in [4.78, 5) is 41.9. The van der Waals surface area contributed by atoms with Crippen LogP contribution >= 0.6 is 0 Å². The van der Waals surface area contributed by atoms with Crippen molar-refractivity contribution in [2.75, 3.05) is 25.6 Å². The number of nitrogens with zero attached hydrogens (tertiary/aromatic N) is 1. The van der Waals surface area contributed by atoms with E-state index in [0.29, 0.717) is 23.4 Å². The number of anilines is 1. The number of hydrogen-bond donors (Lipinski definition) is 3. The van der Waals surface area contributed by atoms with Crippen molar-refractivity contribution in [3.63, 3.8) is 0 Å². The molecule has 0 bridgehead atoms. The molecular weight excluding hydrogens is 510 g/mol. The normalized spacial score (nSPS) is 12.7. The zero-order chi connectivity index (χ0) is 29.9. The van der Waals surface area contributed by atoms with Gasteiger partial charge in [-0.25, -0.2) is 4.79 Å². The summed E-state index contributed by atoms with van der Waals surface area (Å²) < 4.78 is 10.5. The van der Waals surface area contributed by atoms with Crippen LogP contribution in [0.15, 0.2) is 42.5 Å². The maximum absolute atomic E-state index is 14.0. The third-order valence-electron chi connectivity index (χ3n) is 6.34. The fourth-order valence-corrected chi connectivity index (χ4v) is 4.38. The topological polar surface area (TPSA) is 117 Å². The van der Waals surface area contributed by atoms with Gasteiger partial charge < -0.3 is 30.1 Å². The van der Waals surface area contributed by atoms with Crippen molar-refractivity contribution < 1.29 is 29.0 Å². The van der Waals surface area contributed by atoms with Gasteiger partial charge in [-0.2, -0.15) is 0 Å². The summed E-state index contributed by atoms with van der Waals surface area (Å²) in [5.41, 5.74) is 2.30. The number of methoxy groups -OCH3 is 1. The molecule has 0 aliphatic carbocycles. The summed E-state index contributed by atoms with van der Waals surface area (Å²) in [7, 11) is 1.56. The van der Waals surface area contributed by atoms with Crippen molar-refractivity contribution in [2.45, 2.75) is 84.9 Å². The average Bonchev–Trinajstić information content (AvgIpc) is 2.89. The Morgan fingerprint density at radius 3 is 2.23 bits per heavy atom. The van der Waals surface area contributed by atoms with E-state index in [0.717, 1.165) is 30.4 Å². The van der Waals surface area contributed by atoms with E-state index in [1.54, 1.807) is 52.1 Å². The molecule has 0 aromatic heterocycles. The number of rotatable bonds is 13. The van der Waals surface area contributed by atoms with E-state index in [2.05, 4.69) is 17.6 Å². The first-order chi connectivity index (χ1) is 18.9. The van der Waals surface area contributed by atoms with Crippen LogP contribution in [0.25, 0.3) is 0 Å². The Balaban J connectivity index is 2.51. The van der Waals surface area contributed by atoms with Gasteiger partial charge in [-0.3, -0.25) is 9.59 Å². The monoisotopic (exact) mass is 555 g/mol. The van der Waals surface area contributed by atoms with E-state index < -0.39 is 42.2 Å². The summed E-state index contributed by atoms with van der Waals surface area (Å²) >= 11 is 0. The molecule has 2 atom stereocenters. The number of carbonyl (C=O) groups is 3. The number of aliphatic hydroxyl groups excluding tert-OH is 1. The lowest BCUT2D eigenvalue weighted by Gasteiger charge is -2.35. The number of ether oxygens (including phenoxy) is 2. The van der Waals surface area contributed by atoms with Gasteiger partial charge in [-0.1, -0.05) is 49.9 Å². The number of unbranched alkanes of at least 4 members (excludes halogenated alkanes) is 3. The van der Waals surface area contributed by atoms with Gasteiger partial charge in [-0.05, 0) is 76.4 Å². The third-order valence-corrected chi connectivity index (χ3v) is 6.34. The second-order valence-corrected chi connectivity index (χ2v) is 11.0. The summed E-state index contributed by atoms with van der Waals surface area (Å²) in [6.45, 7) is 10.7. The molecule has 0 spiro atoms. The molecule has 0 saturated carbocycles. The summed E-state index contributed by atoms with van der Waals surface area (Å²) in [5, 5.41) is 15.6. The lowest BCUT2D eigenvalue weighted by molar-refractivity contribution is -0.141. The minimum Gasteiger partial charge on any atom is -0.497 e. The van der Waals surface area contributed by atoms with Crippen molar-refractivity contribution in [1.29, 1.82) is 0 Å². The van der Waals surface area contributed by atoms with Gasteiger partial charge in [0.05, 0.1) is 13.7 Å². The van der Waals surface area contributed by atoms with Gasteiger partial charge in [0, 0.05) is 12.2 Å². The maximum Gasteiger partial charge on any atom is 0.408 e. The molecule has 220 valence electrons. The van der Waals surface area contributed by atoms with E-state index >= 15 is 0 Å². The Kier molecular flexibility index (Phi) is 12.4. The summed E-state index contributed by atoms with van der Waals surface area (Å²) in [6.07, 6.45) is 2.68. The molecule has 0 saturated heterocycles. The third kappa shape index (κ3) is 9.86. The van der Waals surface area contributed by atoms with Gasteiger partial charge >= 0.3 is 6.09 Å². The summed E-state index contributed by atoms with van der Waals surface area (Å²) in [6, 6.07) is 10.3.